The minimum absolute atomic E-state index is 0.280. The van der Waals surface area contributed by atoms with Crippen LogP contribution in [0, 0.1) is 6.92 Å². The first kappa shape index (κ1) is 15.5. The van der Waals surface area contributed by atoms with Crippen LogP contribution in [0.25, 0.3) is 0 Å². The number of aryl methyl sites for hydroxylation is 1. The van der Waals surface area contributed by atoms with E-state index in [1.54, 1.807) is 4.90 Å². The largest absolute Gasteiger partial charge is 0.444 e. The van der Waals surface area contributed by atoms with Gasteiger partial charge in [-0.2, -0.15) is 0 Å². The third-order valence-electron chi connectivity index (χ3n) is 2.44. The molecule has 0 spiro atoms. The minimum atomic E-state index is -0.469. The Bertz CT molecular complexity index is 424. The van der Waals surface area contributed by atoms with Crippen molar-refractivity contribution in [1.82, 2.24) is 9.88 Å². The van der Waals surface area contributed by atoms with Crippen LogP contribution in [-0.4, -0.2) is 28.1 Å². The normalized spacial score (nSPS) is 11.2. The van der Waals surface area contributed by atoms with Gasteiger partial charge in [0, 0.05) is 12.2 Å². The molecule has 4 heteroatoms. The fourth-order valence-electron chi connectivity index (χ4n) is 1.71. The van der Waals surface area contributed by atoms with Crippen LogP contribution in [0.15, 0.2) is 18.2 Å². The zero-order valence-electron chi connectivity index (χ0n) is 12.6. The predicted molar refractivity (Wildman–Crippen MR) is 75.9 cm³/mol. The molecule has 0 saturated heterocycles. The van der Waals surface area contributed by atoms with Crippen LogP contribution in [0.3, 0.4) is 0 Å². The van der Waals surface area contributed by atoms with Gasteiger partial charge in [0.25, 0.3) is 0 Å². The zero-order valence-corrected chi connectivity index (χ0v) is 12.6. The van der Waals surface area contributed by atoms with Crippen molar-refractivity contribution in [3.05, 3.63) is 29.6 Å². The van der Waals surface area contributed by atoms with E-state index in [9.17, 15) is 4.79 Å². The van der Waals surface area contributed by atoms with Crippen LogP contribution < -0.4 is 0 Å². The Kier molecular flexibility index (Phi) is 5.33. The van der Waals surface area contributed by atoms with E-state index in [-0.39, 0.29) is 6.09 Å². The fraction of sp³-hybridized carbons (Fsp3) is 0.600. The van der Waals surface area contributed by atoms with Gasteiger partial charge in [-0.25, -0.2) is 4.79 Å². The average molecular weight is 264 g/mol. The van der Waals surface area contributed by atoms with Gasteiger partial charge in [0.15, 0.2) is 0 Å². The molecule has 0 bridgehead atoms. The van der Waals surface area contributed by atoms with Crippen molar-refractivity contribution in [1.29, 1.82) is 0 Å². The molecule has 19 heavy (non-hydrogen) atoms. The number of hydrogen-bond donors (Lipinski definition) is 0. The number of pyridine rings is 1. The maximum absolute atomic E-state index is 12.1. The Balaban J connectivity index is 2.75. The minimum Gasteiger partial charge on any atom is -0.444 e. The molecule has 1 amide bonds. The quantitative estimate of drug-likeness (QED) is 0.835. The molecule has 0 radical (unpaired) electrons. The summed E-state index contributed by atoms with van der Waals surface area (Å²) in [6, 6.07) is 5.83. The summed E-state index contributed by atoms with van der Waals surface area (Å²) in [6.45, 7) is 10.8. The van der Waals surface area contributed by atoms with Crippen LogP contribution in [0.5, 0.6) is 0 Å². The number of carbonyl (C=O) groups excluding carboxylic acids is 1. The molecule has 1 aromatic rings. The van der Waals surface area contributed by atoms with Crippen LogP contribution in [0.2, 0.25) is 0 Å². The standard InChI is InChI=1S/C15H24N2O2/c1-6-10-17(14(18)19-15(3,4)5)11-13-9-7-8-12(2)16-13/h7-9H,6,10-11H2,1-5H3. The molecule has 0 aliphatic rings. The van der Waals surface area contributed by atoms with Crippen molar-refractivity contribution in [2.45, 2.75) is 53.2 Å². The van der Waals surface area contributed by atoms with Crippen molar-refractivity contribution in [2.24, 2.45) is 0 Å². The SMILES string of the molecule is CCCN(Cc1cccc(C)n1)C(=O)OC(C)(C)C. The number of ether oxygens (including phenoxy) is 1. The summed E-state index contributed by atoms with van der Waals surface area (Å²) >= 11 is 0. The van der Waals surface area contributed by atoms with E-state index in [0.29, 0.717) is 13.1 Å². The molecule has 0 unspecified atom stereocenters. The van der Waals surface area contributed by atoms with Gasteiger partial charge in [-0.15, -0.1) is 0 Å². The predicted octanol–water partition coefficient (Wildman–Crippen LogP) is 3.54. The monoisotopic (exact) mass is 264 g/mol. The number of hydrogen-bond acceptors (Lipinski definition) is 3. The number of aromatic nitrogens is 1. The van der Waals surface area contributed by atoms with E-state index in [2.05, 4.69) is 4.98 Å². The maximum Gasteiger partial charge on any atom is 0.410 e. The number of rotatable bonds is 4. The van der Waals surface area contributed by atoms with Gasteiger partial charge in [0.1, 0.15) is 5.60 Å². The lowest BCUT2D eigenvalue weighted by molar-refractivity contribution is 0.0231. The molecule has 1 rings (SSSR count). The Labute approximate surface area is 115 Å². The highest BCUT2D eigenvalue weighted by molar-refractivity contribution is 5.68. The lowest BCUT2D eigenvalue weighted by atomic mass is 10.2. The van der Waals surface area contributed by atoms with Crippen LogP contribution in [0.4, 0.5) is 4.79 Å². The summed E-state index contributed by atoms with van der Waals surface area (Å²) in [6.07, 6.45) is 0.614. The molecule has 0 N–H and O–H groups in total. The molecule has 0 saturated carbocycles. The van der Waals surface area contributed by atoms with Crippen LogP contribution in [0.1, 0.15) is 45.5 Å². The molecule has 1 heterocycles. The Hall–Kier alpha value is -1.58. The fourth-order valence-corrected chi connectivity index (χ4v) is 1.71. The molecule has 0 fully saturated rings. The third-order valence-corrected chi connectivity index (χ3v) is 2.44. The van der Waals surface area contributed by atoms with Crippen molar-refractivity contribution >= 4 is 6.09 Å². The van der Waals surface area contributed by atoms with E-state index < -0.39 is 5.60 Å². The molecule has 0 aliphatic carbocycles. The second-order valence-electron chi connectivity index (χ2n) is 5.67. The second kappa shape index (κ2) is 6.55. The van der Waals surface area contributed by atoms with Gasteiger partial charge in [-0.05, 0) is 46.2 Å². The summed E-state index contributed by atoms with van der Waals surface area (Å²) in [5.74, 6) is 0. The summed E-state index contributed by atoms with van der Waals surface area (Å²) in [5, 5.41) is 0. The molecule has 0 aliphatic heterocycles. The van der Waals surface area contributed by atoms with Crippen molar-refractivity contribution < 1.29 is 9.53 Å². The Morgan fingerprint density at radius 2 is 2.05 bits per heavy atom. The summed E-state index contributed by atoms with van der Waals surface area (Å²) in [5.41, 5.74) is 1.38. The smallest absolute Gasteiger partial charge is 0.410 e. The van der Waals surface area contributed by atoms with Crippen LogP contribution >= 0.6 is 0 Å². The Morgan fingerprint density at radius 1 is 1.37 bits per heavy atom. The molecular weight excluding hydrogens is 240 g/mol. The second-order valence-corrected chi connectivity index (χ2v) is 5.67. The highest BCUT2D eigenvalue weighted by Gasteiger charge is 2.21. The van der Waals surface area contributed by atoms with Gasteiger partial charge in [-0.3, -0.25) is 4.98 Å². The van der Waals surface area contributed by atoms with Gasteiger partial charge in [-0.1, -0.05) is 13.0 Å². The topological polar surface area (TPSA) is 42.4 Å². The first-order valence-electron chi connectivity index (χ1n) is 6.72. The molecular formula is C15H24N2O2. The van der Waals surface area contributed by atoms with Gasteiger partial charge in [0.05, 0.1) is 12.2 Å². The number of carbonyl (C=O) groups is 1. The van der Waals surface area contributed by atoms with Crippen LogP contribution in [-0.2, 0) is 11.3 Å². The highest BCUT2D eigenvalue weighted by atomic mass is 16.6. The maximum atomic E-state index is 12.1. The molecule has 4 nitrogen and oxygen atoms in total. The van der Waals surface area contributed by atoms with Crippen molar-refractivity contribution in [3.63, 3.8) is 0 Å². The first-order valence-corrected chi connectivity index (χ1v) is 6.72. The first-order chi connectivity index (χ1) is 8.81. The molecule has 0 aromatic carbocycles. The highest BCUT2D eigenvalue weighted by Crippen LogP contribution is 2.12. The average Bonchev–Trinajstić information content (AvgIpc) is 2.26. The van der Waals surface area contributed by atoms with E-state index in [1.807, 2.05) is 52.8 Å². The third kappa shape index (κ3) is 5.73. The van der Waals surface area contributed by atoms with E-state index in [1.165, 1.54) is 0 Å². The zero-order chi connectivity index (χ0) is 14.5. The molecule has 1 aromatic heterocycles. The molecule has 106 valence electrons. The summed E-state index contributed by atoms with van der Waals surface area (Å²) in [7, 11) is 0. The lowest BCUT2D eigenvalue weighted by Crippen LogP contribution is -2.37. The van der Waals surface area contributed by atoms with E-state index >= 15 is 0 Å². The van der Waals surface area contributed by atoms with Gasteiger partial charge in [0.2, 0.25) is 0 Å². The van der Waals surface area contributed by atoms with Gasteiger partial charge < -0.3 is 9.64 Å². The van der Waals surface area contributed by atoms with E-state index in [4.69, 9.17) is 4.74 Å². The summed E-state index contributed by atoms with van der Waals surface area (Å²) < 4.78 is 5.41. The van der Waals surface area contributed by atoms with Crippen molar-refractivity contribution in [3.8, 4) is 0 Å². The number of amides is 1. The Morgan fingerprint density at radius 3 is 2.58 bits per heavy atom. The summed E-state index contributed by atoms with van der Waals surface area (Å²) in [4.78, 5) is 18.2. The molecule has 0 atom stereocenters. The van der Waals surface area contributed by atoms with Crippen molar-refractivity contribution in [2.75, 3.05) is 6.54 Å². The van der Waals surface area contributed by atoms with E-state index in [0.717, 1.165) is 17.8 Å². The van der Waals surface area contributed by atoms with Gasteiger partial charge >= 0.3 is 6.09 Å². The lowest BCUT2D eigenvalue weighted by Gasteiger charge is -2.27. The number of nitrogens with zero attached hydrogens (tertiary/aromatic N) is 2.